The second-order valence-corrected chi connectivity index (χ2v) is 22.7. The van der Waals surface area contributed by atoms with Gasteiger partial charge in [-0.3, -0.25) is 33.6 Å². The summed E-state index contributed by atoms with van der Waals surface area (Å²) < 4.78 is 21.9. The third-order valence-corrected chi connectivity index (χ3v) is 15.3. The first-order chi connectivity index (χ1) is 39.6. The Hall–Kier alpha value is -7.21. The Balaban J connectivity index is 0.000000243. The van der Waals surface area contributed by atoms with Gasteiger partial charge in [-0.1, -0.05) is 87.5 Å². The van der Waals surface area contributed by atoms with Crippen LogP contribution in [0.3, 0.4) is 0 Å². The summed E-state index contributed by atoms with van der Waals surface area (Å²) in [6.45, 7) is 11.9. The van der Waals surface area contributed by atoms with Gasteiger partial charge >= 0.3 is 28.5 Å². The molecule has 2 amide bonds. The van der Waals surface area contributed by atoms with Crippen LogP contribution in [0, 0.1) is 0 Å². The monoisotopic (exact) mass is 1210 g/mol. The molecule has 0 spiro atoms. The molecule has 0 fully saturated rings. The highest BCUT2D eigenvalue weighted by molar-refractivity contribution is 8.13. The van der Waals surface area contributed by atoms with Gasteiger partial charge in [0.25, 0.3) is 5.91 Å². The van der Waals surface area contributed by atoms with Crippen molar-refractivity contribution in [3.8, 4) is 23.0 Å². The molecule has 0 aliphatic carbocycles. The van der Waals surface area contributed by atoms with Crippen molar-refractivity contribution in [1.82, 2.24) is 9.80 Å². The zero-order chi connectivity index (χ0) is 62.3. The van der Waals surface area contributed by atoms with Crippen molar-refractivity contribution < 1.29 is 87.6 Å². The van der Waals surface area contributed by atoms with Gasteiger partial charge in [-0.2, -0.15) is 11.8 Å². The number of aliphatic hydroxyl groups excluding tert-OH is 3. The summed E-state index contributed by atoms with van der Waals surface area (Å²) in [5.74, 6) is -1.35. The Morgan fingerprint density at radius 2 is 0.847 bits per heavy atom. The van der Waals surface area contributed by atoms with Crippen LogP contribution < -0.4 is 18.6 Å². The van der Waals surface area contributed by atoms with Crippen molar-refractivity contribution >= 4 is 109 Å². The molecule has 0 radical (unpaired) electrons. The van der Waals surface area contributed by atoms with E-state index in [2.05, 4.69) is 19.7 Å². The van der Waals surface area contributed by atoms with Crippen molar-refractivity contribution in [3.63, 3.8) is 0 Å². The number of fused-ring (bicyclic) bond motifs is 4. The third-order valence-electron chi connectivity index (χ3n) is 14.1. The molecule has 7 N–H and O–H groups in total. The number of carbonyl (C=O) groups is 7. The smallest absolute Gasteiger partial charge is 0.526 e. The molecule has 4 aliphatic heterocycles. The average molecular weight is 1210 g/mol. The molecule has 4 heterocycles. The van der Waals surface area contributed by atoms with E-state index in [9.17, 15) is 69.0 Å². The first-order valence-corrected chi connectivity index (χ1v) is 29.3. The number of rotatable bonds is 17. The van der Waals surface area contributed by atoms with Crippen molar-refractivity contribution in [1.29, 1.82) is 0 Å². The summed E-state index contributed by atoms with van der Waals surface area (Å²) in [4.78, 5) is 84.3. The van der Waals surface area contributed by atoms with E-state index in [0.717, 1.165) is 34.0 Å². The third kappa shape index (κ3) is 19.1. The maximum Gasteiger partial charge on any atom is 0.526 e. The zero-order valence-electron chi connectivity index (χ0n) is 48.1. The minimum Gasteiger partial charge on any atom is -0.535 e. The van der Waals surface area contributed by atoms with Crippen molar-refractivity contribution in [3.05, 3.63) is 137 Å². The standard InChI is InChI=1S/C16H20BNO5.C15H18BNO5.C14H17BO4S.C13H15BO4S.CH4/c1-10(19)14-6-4-5-11-7-12(17(22)23-16(11)14)8-13(20)9-15(21)18(2)3;1-9(18)12-6-4-5-10-7-11(16(21)22-14(10)12)8-13(19)15(20)17(2)3;1-9(16)13-5-3-4-10-6-11(7-12(17)8-20-2)15(18)19-14(10)13;1-8(15)11-5-3-4-9-6-10(7-12(16)19-2)14(17)18-13(9)11;/h4-6,12,19,22H,1,7-9H2,2-3H3;4-6,11,18,21H,1,7-8H2,2-3H3;3-5,11,18H,6-8H2,1-2H3;3-5,10,15,17H,1,6-7H2,2H3;1H4/t12-;2*11-;10-;/m1111./s1. The maximum absolute atomic E-state index is 12.0. The van der Waals surface area contributed by atoms with E-state index < -0.39 is 51.8 Å². The molecule has 4 aliphatic rings. The average Bonchev–Trinajstić information content (AvgIpc) is 2.02. The predicted molar refractivity (Wildman–Crippen MR) is 334 cm³/mol. The molecule has 0 aromatic heterocycles. The SMILES string of the molecule is C.C=C(O)c1cccc2c1OB(O)[C@@H](CC(=O)C(=O)N(C)C)C2.C=C(O)c1cccc2c1OB(O)[C@@H](CC(=O)CC(=O)N(C)C)C2.C=C(O)c1cccc2c1OB(O)[C@@H](CC(=O)SC)C2.CSCC(=O)C[C@H]1Cc2cccc(C(C)=O)c2OB1O. The summed E-state index contributed by atoms with van der Waals surface area (Å²) in [5, 5.41) is 68.9. The van der Waals surface area contributed by atoms with Crippen molar-refractivity contribution in [2.24, 2.45) is 0 Å². The lowest BCUT2D eigenvalue weighted by Gasteiger charge is -2.28. The summed E-state index contributed by atoms with van der Waals surface area (Å²) >= 11 is 2.62. The van der Waals surface area contributed by atoms with Gasteiger partial charge in [0.2, 0.25) is 11.7 Å². The zero-order valence-corrected chi connectivity index (χ0v) is 49.7. The van der Waals surface area contributed by atoms with Crippen LogP contribution in [-0.2, 0) is 54.5 Å². The van der Waals surface area contributed by atoms with Crippen LogP contribution in [0.25, 0.3) is 17.3 Å². The topological polar surface area (TPSA) is 304 Å². The van der Waals surface area contributed by atoms with Gasteiger partial charge in [-0.25, -0.2) is 0 Å². The fourth-order valence-electron chi connectivity index (χ4n) is 9.67. The molecule has 0 unspecified atom stereocenters. The Bertz CT molecular complexity index is 3140. The van der Waals surface area contributed by atoms with Crippen LogP contribution in [0.5, 0.6) is 23.0 Å². The minimum atomic E-state index is -1.22. The Morgan fingerprint density at radius 1 is 0.518 bits per heavy atom. The number of ketones is 4. The summed E-state index contributed by atoms with van der Waals surface area (Å²) in [6, 6.07) is 21.1. The number of hydrogen-bond donors (Lipinski definition) is 7. The fraction of sp³-hybridized carbons (Fsp3) is 0.373. The molecule has 85 heavy (non-hydrogen) atoms. The Morgan fingerprint density at radius 3 is 1.16 bits per heavy atom. The molecule has 26 heteroatoms. The van der Waals surface area contributed by atoms with Crippen LogP contribution in [0.1, 0.15) is 95.8 Å². The van der Waals surface area contributed by atoms with E-state index in [4.69, 9.17) is 18.6 Å². The van der Waals surface area contributed by atoms with Crippen LogP contribution in [0.2, 0.25) is 23.3 Å². The number of hydrogen-bond acceptors (Lipinski definition) is 20. The van der Waals surface area contributed by atoms with Gasteiger partial charge in [0.15, 0.2) is 10.9 Å². The number of aliphatic hydroxyl groups is 3. The summed E-state index contributed by atoms with van der Waals surface area (Å²) in [7, 11) is 1.73. The van der Waals surface area contributed by atoms with Gasteiger partial charge in [0.05, 0.1) is 34.4 Å². The number of likely N-dealkylation sites (N-methyl/N-ethyl adjacent to an activating group) is 1. The van der Waals surface area contributed by atoms with E-state index in [0.29, 0.717) is 83.1 Å². The Labute approximate surface area is 506 Å². The van der Waals surface area contributed by atoms with Gasteiger partial charge in [-0.15, -0.1) is 0 Å². The normalized spacial score (nSPS) is 16.7. The highest BCUT2D eigenvalue weighted by Gasteiger charge is 2.41. The number of carbonyl (C=O) groups excluding carboxylic acids is 7. The quantitative estimate of drug-likeness (QED) is 0.0178. The molecule has 8 rings (SSSR count). The maximum atomic E-state index is 12.0. The van der Waals surface area contributed by atoms with Crippen LogP contribution >= 0.6 is 23.5 Å². The number of Topliss-reactive ketones (excluding diaryl/α,β-unsaturated/α-hetero) is 4. The largest absolute Gasteiger partial charge is 0.535 e. The minimum absolute atomic E-state index is 0. The van der Waals surface area contributed by atoms with E-state index in [1.807, 2.05) is 24.5 Å². The second-order valence-electron chi connectivity index (χ2n) is 21.0. The lowest BCUT2D eigenvalue weighted by Crippen LogP contribution is -2.38. The van der Waals surface area contributed by atoms with Crippen LogP contribution in [0.15, 0.2) is 92.5 Å². The van der Waals surface area contributed by atoms with E-state index in [1.54, 1.807) is 74.9 Å². The number of nitrogens with zero attached hydrogens (tertiary/aromatic N) is 2. The Kier molecular flexibility index (Phi) is 26.7. The molecule has 4 aromatic rings. The number of amides is 2. The van der Waals surface area contributed by atoms with Gasteiger partial charge < -0.3 is 63.8 Å². The van der Waals surface area contributed by atoms with Crippen molar-refractivity contribution in [2.45, 2.75) is 95.4 Å². The molecule has 452 valence electrons. The lowest BCUT2D eigenvalue weighted by atomic mass is 9.64. The summed E-state index contributed by atoms with van der Waals surface area (Å²) in [6.07, 6.45) is 5.85. The first-order valence-electron chi connectivity index (χ1n) is 26.7. The van der Waals surface area contributed by atoms with Gasteiger partial charge in [0, 0.05) is 77.1 Å². The molecule has 20 nitrogen and oxygen atoms in total. The first kappa shape index (κ1) is 70.3. The van der Waals surface area contributed by atoms with Gasteiger partial charge in [-0.05, 0) is 91.6 Å². The van der Waals surface area contributed by atoms with Crippen LogP contribution in [0.4, 0.5) is 0 Å². The molecule has 4 atom stereocenters. The molecule has 0 bridgehead atoms. The van der Waals surface area contributed by atoms with E-state index in [-0.39, 0.29) is 90.4 Å². The molecular formula is C59H74B4N2O18S2. The fourth-order valence-corrected chi connectivity index (χ4v) is 10.5. The summed E-state index contributed by atoms with van der Waals surface area (Å²) in [5.41, 5.74) is 5.09. The molecular weight excluding hydrogens is 1130 g/mol. The van der Waals surface area contributed by atoms with Crippen LogP contribution in [-0.4, -0.2) is 160 Å². The van der Waals surface area contributed by atoms with E-state index >= 15 is 0 Å². The lowest BCUT2D eigenvalue weighted by molar-refractivity contribution is -0.143. The highest BCUT2D eigenvalue weighted by atomic mass is 32.2. The molecule has 0 saturated heterocycles. The number of benzene rings is 4. The molecule has 0 saturated carbocycles. The number of para-hydroxylation sites is 4. The van der Waals surface area contributed by atoms with Crippen molar-refractivity contribution in [2.75, 3.05) is 46.5 Å². The number of thioether (sulfide) groups is 2. The second kappa shape index (κ2) is 32.3. The predicted octanol–water partition coefficient (Wildman–Crippen LogP) is 7.40. The molecule has 4 aromatic carbocycles. The van der Waals surface area contributed by atoms with E-state index in [1.165, 1.54) is 42.6 Å². The van der Waals surface area contributed by atoms with Gasteiger partial charge in [0.1, 0.15) is 51.8 Å². The highest BCUT2D eigenvalue weighted by Crippen LogP contribution is 2.42.